The van der Waals surface area contributed by atoms with Crippen molar-refractivity contribution < 1.29 is 37.3 Å². The van der Waals surface area contributed by atoms with Gasteiger partial charge in [0.05, 0.1) is 18.4 Å². The number of halogens is 3. The van der Waals surface area contributed by atoms with Gasteiger partial charge in [-0.2, -0.15) is 13.2 Å². The number of hydrogen-bond donors (Lipinski definition) is 2. The molecule has 1 aromatic heterocycles. The van der Waals surface area contributed by atoms with Crippen LogP contribution in [0.25, 0.3) is 11.3 Å². The highest BCUT2D eigenvalue weighted by molar-refractivity contribution is 5.80. The number of likely N-dealkylation sites (tertiary alicyclic amines) is 1. The first-order chi connectivity index (χ1) is 16.7. The molecule has 3 rings (SSSR count). The van der Waals surface area contributed by atoms with Crippen LogP contribution in [0.15, 0.2) is 24.3 Å². The Morgan fingerprint density at radius 3 is 2.39 bits per heavy atom. The Morgan fingerprint density at radius 2 is 1.83 bits per heavy atom. The first-order valence-electron chi connectivity index (χ1n) is 11.3. The molecule has 0 radical (unpaired) electrons. The summed E-state index contributed by atoms with van der Waals surface area (Å²) in [5.41, 5.74) is -0.262. The molecule has 2 atom stereocenters. The number of carbonyl (C=O) groups is 2. The molecule has 2 aromatic rings. The fourth-order valence-corrected chi connectivity index (χ4v) is 3.96. The number of aryl methyl sites for hydroxylation is 1. The predicted molar refractivity (Wildman–Crippen MR) is 125 cm³/mol. The van der Waals surface area contributed by atoms with Gasteiger partial charge >= 0.3 is 18.2 Å². The minimum atomic E-state index is -4.51. The number of amides is 1. The summed E-state index contributed by atoms with van der Waals surface area (Å²) in [5, 5.41) is 21.1. The molecule has 1 aliphatic heterocycles. The zero-order valence-electron chi connectivity index (χ0n) is 20.6. The second-order valence-corrected chi connectivity index (χ2v) is 9.58. The molecule has 0 spiro atoms. The number of alkyl halides is 3. The number of carbonyl (C=O) groups excluding carboxylic acids is 1. The summed E-state index contributed by atoms with van der Waals surface area (Å²) in [6, 6.07) is 3.53. The van der Waals surface area contributed by atoms with E-state index >= 15 is 0 Å². The van der Waals surface area contributed by atoms with Gasteiger partial charge in [0.2, 0.25) is 0 Å². The Bertz CT molecular complexity index is 1130. The number of rotatable bonds is 5. The van der Waals surface area contributed by atoms with E-state index in [4.69, 9.17) is 9.47 Å². The Labute approximate surface area is 206 Å². The smallest absolute Gasteiger partial charge is 0.416 e. The van der Waals surface area contributed by atoms with E-state index in [0.717, 1.165) is 12.1 Å². The largest absolute Gasteiger partial charge is 0.496 e. The van der Waals surface area contributed by atoms with Crippen molar-refractivity contribution in [3.05, 3.63) is 35.4 Å². The summed E-state index contributed by atoms with van der Waals surface area (Å²) in [6.45, 7) is 6.92. The highest BCUT2D eigenvalue weighted by Crippen LogP contribution is 2.37. The number of carboxylic acids is 1. The standard InChI is InChI=1S/C24H29F3N4O5/c1-13-10-19(29-30-20(13)16-8-6-14(24(25,26)27)11-18(16)35-5)28-15-7-9-17(21(32)33)31(12-15)22(34)36-23(2,3)4/h6,8,10-11,15,17H,7,9,12H2,1-5H3,(H,28,29)(H,32,33)/t15-,17-/m1/s1. The number of aliphatic carboxylic acids is 1. The van der Waals surface area contributed by atoms with Crippen LogP contribution in [0, 0.1) is 6.92 Å². The van der Waals surface area contributed by atoms with Gasteiger partial charge in [0.1, 0.15) is 23.2 Å². The van der Waals surface area contributed by atoms with Crippen LogP contribution in [0.4, 0.5) is 23.8 Å². The lowest BCUT2D eigenvalue weighted by atomic mass is 9.98. The molecule has 0 unspecified atom stereocenters. The average Bonchev–Trinajstić information content (AvgIpc) is 2.77. The van der Waals surface area contributed by atoms with Crippen molar-refractivity contribution in [1.82, 2.24) is 15.1 Å². The number of hydrogen-bond acceptors (Lipinski definition) is 7. The molecule has 0 saturated carbocycles. The maximum absolute atomic E-state index is 13.1. The van der Waals surface area contributed by atoms with E-state index in [9.17, 15) is 27.9 Å². The van der Waals surface area contributed by atoms with E-state index in [0.29, 0.717) is 29.1 Å². The first kappa shape index (κ1) is 27.0. The predicted octanol–water partition coefficient (Wildman–Crippen LogP) is 4.74. The van der Waals surface area contributed by atoms with Gasteiger partial charge in [-0.1, -0.05) is 0 Å². The number of ether oxygens (including phenoxy) is 2. The molecule has 2 N–H and O–H groups in total. The molecule has 9 nitrogen and oxygen atoms in total. The molecule has 36 heavy (non-hydrogen) atoms. The van der Waals surface area contributed by atoms with Crippen molar-refractivity contribution in [1.29, 1.82) is 0 Å². The van der Waals surface area contributed by atoms with Gasteiger partial charge in [-0.25, -0.2) is 9.59 Å². The van der Waals surface area contributed by atoms with Crippen molar-refractivity contribution in [2.75, 3.05) is 19.0 Å². The van der Waals surface area contributed by atoms with Crippen molar-refractivity contribution in [2.45, 2.75) is 64.4 Å². The van der Waals surface area contributed by atoms with Crippen molar-refractivity contribution in [3.63, 3.8) is 0 Å². The highest BCUT2D eigenvalue weighted by Gasteiger charge is 2.38. The van der Waals surface area contributed by atoms with E-state index in [1.807, 2.05) is 0 Å². The van der Waals surface area contributed by atoms with E-state index in [2.05, 4.69) is 15.5 Å². The van der Waals surface area contributed by atoms with E-state index in [1.165, 1.54) is 18.1 Å². The molecule has 0 bridgehead atoms. The zero-order valence-corrected chi connectivity index (χ0v) is 20.6. The third-order valence-corrected chi connectivity index (χ3v) is 5.62. The van der Waals surface area contributed by atoms with Gasteiger partial charge in [-0.05, 0) is 70.4 Å². The normalized spacial score (nSPS) is 18.5. The number of methoxy groups -OCH3 is 1. The molecule has 1 aliphatic rings. The molecular weight excluding hydrogens is 481 g/mol. The maximum Gasteiger partial charge on any atom is 0.416 e. The van der Waals surface area contributed by atoms with Gasteiger partial charge in [0.15, 0.2) is 0 Å². The van der Waals surface area contributed by atoms with Crippen molar-refractivity contribution >= 4 is 17.9 Å². The molecule has 0 aliphatic carbocycles. The lowest BCUT2D eigenvalue weighted by Gasteiger charge is -2.38. The van der Waals surface area contributed by atoms with Crippen LogP contribution in [0.1, 0.15) is 44.7 Å². The van der Waals surface area contributed by atoms with E-state index in [-0.39, 0.29) is 24.8 Å². The topological polar surface area (TPSA) is 114 Å². The molecule has 12 heteroatoms. The fraction of sp³-hybridized carbons (Fsp3) is 0.500. The van der Waals surface area contributed by atoms with Crippen LogP contribution < -0.4 is 10.1 Å². The van der Waals surface area contributed by atoms with Crippen LogP contribution in [-0.4, -0.2) is 63.6 Å². The molecule has 2 heterocycles. The quantitative estimate of drug-likeness (QED) is 0.593. The lowest BCUT2D eigenvalue weighted by Crippen LogP contribution is -2.55. The van der Waals surface area contributed by atoms with Gasteiger partial charge < -0.3 is 19.9 Å². The molecular formula is C24H29F3N4O5. The van der Waals surface area contributed by atoms with E-state index in [1.54, 1.807) is 33.8 Å². The Kier molecular flexibility index (Phi) is 7.65. The number of aromatic nitrogens is 2. The van der Waals surface area contributed by atoms with Crippen molar-refractivity contribution in [2.24, 2.45) is 0 Å². The number of carboxylic acid groups (broad SMARTS) is 1. The maximum atomic E-state index is 13.1. The van der Waals surface area contributed by atoms with Crippen molar-refractivity contribution in [3.8, 4) is 17.0 Å². The summed E-state index contributed by atoms with van der Waals surface area (Å²) >= 11 is 0. The number of nitrogens with one attached hydrogen (secondary N) is 1. The Morgan fingerprint density at radius 1 is 1.14 bits per heavy atom. The Balaban J connectivity index is 1.80. The van der Waals surface area contributed by atoms with Crippen LogP contribution >= 0.6 is 0 Å². The third kappa shape index (κ3) is 6.35. The molecule has 1 saturated heterocycles. The highest BCUT2D eigenvalue weighted by atomic mass is 19.4. The van der Waals surface area contributed by atoms with Crippen LogP contribution in [0.5, 0.6) is 5.75 Å². The second-order valence-electron chi connectivity index (χ2n) is 9.58. The van der Waals surface area contributed by atoms with Gasteiger partial charge in [-0.15, -0.1) is 10.2 Å². The molecule has 1 fully saturated rings. The van der Waals surface area contributed by atoms with E-state index < -0.39 is 35.4 Å². The Hall–Kier alpha value is -3.57. The second kappa shape index (κ2) is 10.2. The fourth-order valence-electron chi connectivity index (χ4n) is 3.96. The summed E-state index contributed by atoms with van der Waals surface area (Å²) < 4.78 is 49.7. The summed E-state index contributed by atoms with van der Waals surface area (Å²) in [4.78, 5) is 25.5. The van der Waals surface area contributed by atoms with Gasteiger partial charge in [0, 0.05) is 18.2 Å². The summed E-state index contributed by atoms with van der Waals surface area (Å²) in [7, 11) is 1.28. The average molecular weight is 511 g/mol. The van der Waals surface area contributed by atoms with Crippen LogP contribution in [0.3, 0.4) is 0 Å². The minimum absolute atomic E-state index is 0.0166. The monoisotopic (exact) mass is 510 g/mol. The SMILES string of the molecule is COc1cc(C(F)(F)F)ccc1-c1nnc(N[C@@H]2CC[C@H](C(=O)O)N(C(=O)OC(C)(C)C)C2)cc1C. The van der Waals surface area contributed by atoms with Gasteiger partial charge in [-0.3, -0.25) is 4.90 Å². The summed E-state index contributed by atoms with van der Waals surface area (Å²) in [5.74, 6) is -0.710. The summed E-state index contributed by atoms with van der Waals surface area (Å²) in [6.07, 6.45) is -4.54. The minimum Gasteiger partial charge on any atom is -0.496 e. The molecule has 196 valence electrons. The zero-order chi connectivity index (χ0) is 26.8. The molecule has 1 amide bonds. The van der Waals surface area contributed by atoms with Crippen LogP contribution in [-0.2, 0) is 15.7 Å². The number of piperidine rings is 1. The number of nitrogens with zero attached hydrogens (tertiary/aromatic N) is 3. The van der Waals surface area contributed by atoms with Gasteiger partial charge in [0.25, 0.3) is 0 Å². The third-order valence-electron chi connectivity index (χ3n) is 5.62. The molecule has 1 aromatic carbocycles. The lowest BCUT2D eigenvalue weighted by molar-refractivity contribution is -0.144. The number of benzene rings is 1. The first-order valence-corrected chi connectivity index (χ1v) is 11.3. The van der Waals surface area contributed by atoms with Crippen LogP contribution in [0.2, 0.25) is 0 Å². The number of anilines is 1.